The molecule has 0 aliphatic heterocycles. The fourth-order valence-corrected chi connectivity index (χ4v) is 3.27. The van der Waals surface area contributed by atoms with Gasteiger partial charge in [0.2, 0.25) is 10.0 Å². The first kappa shape index (κ1) is 17.8. The van der Waals surface area contributed by atoms with Gasteiger partial charge >= 0.3 is 0 Å². The van der Waals surface area contributed by atoms with Crippen molar-refractivity contribution in [2.45, 2.75) is 39.4 Å². The van der Waals surface area contributed by atoms with Crippen LogP contribution >= 0.6 is 0 Å². The first-order chi connectivity index (χ1) is 8.43. The van der Waals surface area contributed by atoms with E-state index in [-0.39, 0.29) is 6.61 Å². The van der Waals surface area contributed by atoms with Crippen molar-refractivity contribution >= 4 is 10.0 Å². The number of rotatable bonds is 10. The Morgan fingerprint density at radius 2 is 1.61 bits per heavy atom. The molecule has 0 saturated carbocycles. The molecule has 0 aliphatic carbocycles. The zero-order valence-electron chi connectivity index (χ0n) is 12.1. The molecule has 0 rings (SSSR count). The summed E-state index contributed by atoms with van der Waals surface area (Å²) in [7, 11) is -3.35. The van der Waals surface area contributed by atoms with Gasteiger partial charge in [-0.25, -0.2) is 12.7 Å². The highest BCUT2D eigenvalue weighted by atomic mass is 32.2. The maximum atomic E-state index is 12.1. The predicted molar refractivity (Wildman–Crippen MR) is 75.1 cm³/mol. The van der Waals surface area contributed by atoms with Gasteiger partial charge in [0.05, 0.1) is 11.9 Å². The highest BCUT2D eigenvalue weighted by molar-refractivity contribution is 7.89. The van der Waals surface area contributed by atoms with E-state index < -0.39 is 15.3 Å². The summed E-state index contributed by atoms with van der Waals surface area (Å²) >= 11 is 0. The number of nitrogens with zero attached hydrogens (tertiary/aromatic N) is 2. The highest BCUT2D eigenvalue weighted by Crippen LogP contribution is 2.09. The Morgan fingerprint density at radius 3 is 2.00 bits per heavy atom. The average Bonchev–Trinajstić information content (AvgIpc) is 2.37. The molecule has 6 heteroatoms. The molecule has 0 saturated heterocycles. The van der Waals surface area contributed by atoms with Crippen LogP contribution in [0, 0.1) is 0 Å². The zero-order valence-corrected chi connectivity index (χ0v) is 12.9. The van der Waals surface area contributed by atoms with Gasteiger partial charge in [-0.3, -0.25) is 0 Å². The average molecular weight is 280 g/mol. The maximum absolute atomic E-state index is 12.1. The molecule has 0 radical (unpaired) electrons. The molecule has 0 aromatic rings. The lowest BCUT2D eigenvalue weighted by Crippen LogP contribution is -2.40. The Hall–Kier alpha value is -0.170. The summed E-state index contributed by atoms with van der Waals surface area (Å²) in [5.74, 6) is 0. The van der Waals surface area contributed by atoms with E-state index in [0.717, 1.165) is 26.1 Å². The lowest BCUT2D eigenvalue weighted by atomic mass is 10.3. The van der Waals surface area contributed by atoms with Crippen molar-refractivity contribution in [2.24, 2.45) is 0 Å². The van der Waals surface area contributed by atoms with Crippen LogP contribution in [0.1, 0.15) is 34.1 Å². The normalized spacial score (nSPS) is 14.4. The number of sulfonamides is 1. The standard InChI is InChI=1S/C12H28N2O3S/c1-5-13(6-2)9-8-10-14(7-3)18(16,17)12(4)11-15/h12,15H,5-11H2,1-4H3. The van der Waals surface area contributed by atoms with Crippen LogP contribution < -0.4 is 0 Å². The second-order valence-corrected chi connectivity index (χ2v) is 6.76. The van der Waals surface area contributed by atoms with Crippen molar-refractivity contribution in [3.8, 4) is 0 Å². The molecule has 0 fully saturated rings. The monoisotopic (exact) mass is 280 g/mol. The van der Waals surface area contributed by atoms with Gasteiger partial charge in [-0.15, -0.1) is 0 Å². The van der Waals surface area contributed by atoms with E-state index in [0.29, 0.717) is 13.1 Å². The van der Waals surface area contributed by atoms with E-state index in [2.05, 4.69) is 18.7 Å². The van der Waals surface area contributed by atoms with Gasteiger partial charge in [0.15, 0.2) is 0 Å². The molecule has 110 valence electrons. The van der Waals surface area contributed by atoms with Crippen LogP contribution in [-0.2, 0) is 10.0 Å². The van der Waals surface area contributed by atoms with Crippen molar-refractivity contribution in [3.63, 3.8) is 0 Å². The Balaban J connectivity index is 4.36. The van der Waals surface area contributed by atoms with Gasteiger partial charge in [0.1, 0.15) is 0 Å². The molecule has 1 atom stereocenters. The van der Waals surface area contributed by atoms with Gasteiger partial charge in [-0.1, -0.05) is 20.8 Å². The molecule has 5 nitrogen and oxygen atoms in total. The molecular formula is C12H28N2O3S. The van der Waals surface area contributed by atoms with Crippen molar-refractivity contribution in [1.29, 1.82) is 0 Å². The van der Waals surface area contributed by atoms with Crippen LogP contribution in [0.15, 0.2) is 0 Å². The van der Waals surface area contributed by atoms with E-state index in [4.69, 9.17) is 5.11 Å². The zero-order chi connectivity index (χ0) is 14.2. The minimum absolute atomic E-state index is 0.325. The Kier molecular flexibility index (Phi) is 8.77. The molecule has 0 spiro atoms. The molecule has 0 bridgehead atoms. The third kappa shape index (κ3) is 5.22. The second kappa shape index (κ2) is 8.85. The van der Waals surface area contributed by atoms with Gasteiger partial charge in [-0.05, 0) is 33.0 Å². The molecule has 1 unspecified atom stereocenters. The van der Waals surface area contributed by atoms with Crippen molar-refractivity contribution in [1.82, 2.24) is 9.21 Å². The first-order valence-corrected chi connectivity index (χ1v) is 8.26. The summed E-state index contributed by atoms with van der Waals surface area (Å²) in [6, 6.07) is 0. The summed E-state index contributed by atoms with van der Waals surface area (Å²) in [6.07, 6.45) is 0.826. The summed E-state index contributed by atoms with van der Waals surface area (Å²) in [5, 5.41) is 8.27. The van der Waals surface area contributed by atoms with Crippen molar-refractivity contribution < 1.29 is 13.5 Å². The molecule has 1 N–H and O–H groups in total. The predicted octanol–water partition coefficient (Wildman–Crippen LogP) is 0.751. The largest absolute Gasteiger partial charge is 0.395 e. The smallest absolute Gasteiger partial charge is 0.218 e. The van der Waals surface area contributed by atoms with E-state index in [1.54, 1.807) is 6.92 Å². The lowest BCUT2D eigenvalue weighted by Gasteiger charge is -2.25. The molecule has 0 amide bonds. The number of hydrogen-bond acceptors (Lipinski definition) is 4. The summed E-state index contributed by atoms with van der Waals surface area (Å²) in [5.41, 5.74) is 0. The van der Waals surface area contributed by atoms with Gasteiger partial charge in [0, 0.05) is 13.1 Å². The van der Waals surface area contributed by atoms with Crippen molar-refractivity contribution in [3.05, 3.63) is 0 Å². The van der Waals surface area contributed by atoms with E-state index in [9.17, 15) is 8.42 Å². The minimum atomic E-state index is -3.35. The Labute approximate surface area is 112 Å². The van der Waals surface area contributed by atoms with Gasteiger partial charge < -0.3 is 10.0 Å². The molecule has 18 heavy (non-hydrogen) atoms. The molecule has 0 aromatic heterocycles. The second-order valence-electron chi connectivity index (χ2n) is 4.41. The van der Waals surface area contributed by atoms with Gasteiger partial charge in [-0.2, -0.15) is 0 Å². The third-order valence-electron chi connectivity index (χ3n) is 3.25. The van der Waals surface area contributed by atoms with E-state index in [1.165, 1.54) is 4.31 Å². The molecule has 0 aromatic carbocycles. The van der Waals surface area contributed by atoms with Crippen molar-refractivity contribution in [2.75, 3.05) is 39.3 Å². The molecule has 0 heterocycles. The molecule has 0 aliphatic rings. The van der Waals surface area contributed by atoms with Crippen LogP contribution in [0.4, 0.5) is 0 Å². The highest BCUT2D eigenvalue weighted by Gasteiger charge is 2.26. The summed E-state index contributed by atoms with van der Waals surface area (Å²) in [4.78, 5) is 2.27. The fourth-order valence-electron chi connectivity index (χ4n) is 1.82. The first-order valence-electron chi connectivity index (χ1n) is 6.76. The lowest BCUT2D eigenvalue weighted by molar-refractivity contribution is 0.276. The quantitative estimate of drug-likeness (QED) is 0.641. The van der Waals surface area contributed by atoms with Crippen LogP contribution in [0.5, 0.6) is 0 Å². The topological polar surface area (TPSA) is 60.9 Å². The maximum Gasteiger partial charge on any atom is 0.218 e. The van der Waals surface area contributed by atoms with E-state index >= 15 is 0 Å². The van der Waals surface area contributed by atoms with Crippen LogP contribution in [0.3, 0.4) is 0 Å². The fraction of sp³-hybridized carbons (Fsp3) is 1.00. The van der Waals surface area contributed by atoms with Crippen LogP contribution in [0.25, 0.3) is 0 Å². The van der Waals surface area contributed by atoms with Gasteiger partial charge in [0.25, 0.3) is 0 Å². The SMILES string of the molecule is CCN(CC)CCCN(CC)S(=O)(=O)C(C)CO. The van der Waals surface area contributed by atoms with Crippen LogP contribution in [0.2, 0.25) is 0 Å². The Bertz CT molecular complexity index is 302. The third-order valence-corrected chi connectivity index (χ3v) is 5.58. The Morgan fingerprint density at radius 1 is 1.06 bits per heavy atom. The van der Waals surface area contributed by atoms with Crippen LogP contribution in [-0.4, -0.2) is 67.3 Å². The minimum Gasteiger partial charge on any atom is -0.395 e. The number of hydrogen-bond donors (Lipinski definition) is 1. The number of aliphatic hydroxyl groups excluding tert-OH is 1. The molecular weight excluding hydrogens is 252 g/mol. The summed E-state index contributed by atoms with van der Waals surface area (Å²) < 4.78 is 25.6. The summed E-state index contributed by atoms with van der Waals surface area (Å²) in [6.45, 7) is 11.1. The number of aliphatic hydroxyl groups is 1. The van der Waals surface area contributed by atoms with E-state index in [1.807, 2.05) is 6.92 Å².